The number of rotatable bonds is 3. The molecular weight excluding hydrogens is 330 g/mol. The summed E-state index contributed by atoms with van der Waals surface area (Å²) in [7, 11) is 0. The van der Waals surface area contributed by atoms with Crippen LogP contribution in [0.15, 0.2) is 45.7 Å². The molecule has 0 unspecified atom stereocenters. The minimum atomic E-state index is -0.394. The van der Waals surface area contributed by atoms with E-state index in [9.17, 15) is 4.79 Å². The predicted molar refractivity (Wildman–Crippen MR) is 77.5 cm³/mol. The van der Waals surface area contributed by atoms with Crippen molar-refractivity contribution in [1.82, 2.24) is 15.6 Å². The Morgan fingerprint density at radius 1 is 1.42 bits per heavy atom. The number of amides is 1. The van der Waals surface area contributed by atoms with E-state index in [0.717, 1.165) is 5.56 Å². The standard InChI is InChI=1S/C12H10BrN3O2S/c13-10-4-3-9(18-10)11(17)16-12(19)15-7-8-2-1-5-14-6-8/h1-6H,7H2,(H2,15,16,17,19). The topological polar surface area (TPSA) is 67.2 Å². The van der Waals surface area contributed by atoms with E-state index in [-0.39, 0.29) is 10.9 Å². The fourth-order valence-corrected chi connectivity index (χ4v) is 1.80. The highest BCUT2D eigenvalue weighted by atomic mass is 79.9. The number of thiocarbonyl (C=S) groups is 1. The lowest BCUT2D eigenvalue weighted by Gasteiger charge is -2.08. The van der Waals surface area contributed by atoms with Crippen LogP contribution in [-0.2, 0) is 6.54 Å². The van der Waals surface area contributed by atoms with Gasteiger partial charge in [0, 0.05) is 18.9 Å². The van der Waals surface area contributed by atoms with Gasteiger partial charge in [-0.3, -0.25) is 15.1 Å². The van der Waals surface area contributed by atoms with Crippen molar-refractivity contribution in [2.24, 2.45) is 0 Å². The highest BCUT2D eigenvalue weighted by molar-refractivity contribution is 9.10. The van der Waals surface area contributed by atoms with Gasteiger partial charge in [-0.25, -0.2) is 0 Å². The molecule has 0 saturated carbocycles. The van der Waals surface area contributed by atoms with Gasteiger partial charge in [-0.2, -0.15) is 0 Å². The molecule has 0 fully saturated rings. The Balaban J connectivity index is 1.83. The Morgan fingerprint density at radius 3 is 2.89 bits per heavy atom. The van der Waals surface area contributed by atoms with E-state index in [0.29, 0.717) is 11.2 Å². The maximum Gasteiger partial charge on any atom is 0.293 e. The number of pyridine rings is 1. The van der Waals surface area contributed by atoms with Crippen LogP contribution in [-0.4, -0.2) is 16.0 Å². The summed E-state index contributed by atoms with van der Waals surface area (Å²) in [5.74, 6) is -0.202. The summed E-state index contributed by atoms with van der Waals surface area (Å²) in [5, 5.41) is 5.68. The Labute approximate surface area is 123 Å². The molecule has 7 heteroatoms. The SMILES string of the molecule is O=C(NC(=S)NCc1cccnc1)c1ccc(Br)o1. The molecule has 0 saturated heterocycles. The smallest absolute Gasteiger partial charge is 0.293 e. The molecule has 1 amide bonds. The molecule has 5 nitrogen and oxygen atoms in total. The van der Waals surface area contributed by atoms with Crippen molar-refractivity contribution in [3.8, 4) is 0 Å². The molecule has 2 rings (SSSR count). The zero-order chi connectivity index (χ0) is 13.7. The first-order valence-corrected chi connectivity index (χ1v) is 6.58. The van der Waals surface area contributed by atoms with E-state index >= 15 is 0 Å². The minimum absolute atomic E-state index is 0.192. The average molecular weight is 340 g/mol. The van der Waals surface area contributed by atoms with Crippen LogP contribution < -0.4 is 10.6 Å². The van der Waals surface area contributed by atoms with E-state index in [1.165, 1.54) is 0 Å². The maximum absolute atomic E-state index is 11.7. The lowest BCUT2D eigenvalue weighted by molar-refractivity contribution is 0.0948. The van der Waals surface area contributed by atoms with E-state index < -0.39 is 5.91 Å². The van der Waals surface area contributed by atoms with Crippen LogP contribution in [0.2, 0.25) is 0 Å². The average Bonchev–Trinajstić information content (AvgIpc) is 2.84. The summed E-state index contributed by atoms with van der Waals surface area (Å²) in [6, 6.07) is 6.94. The van der Waals surface area contributed by atoms with Crippen molar-refractivity contribution in [2.45, 2.75) is 6.54 Å². The van der Waals surface area contributed by atoms with Gasteiger partial charge in [0.05, 0.1) is 0 Å². The summed E-state index contributed by atoms with van der Waals surface area (Å²) >= 11 is 8.15. The van der Waals surface area contributed by atoms with Gasteiger partial charge in [0.15, 0.2) is 15.5 Å². The highest BCUT2D eigenvalue weighted by Crippen LogP contribution is 2.13. The number of carbonyl (C=O) groups is 1. The van der Waals surface area contributed by atoms with Crippen molar-refractivity contribution in [1.29, 1.82) is 0 Å². The highest BCUT2D eigenvalue weighted by Gasteiger charge is 2.11. The maximum atomic E-state index is 11.7. The molecule has 0 radical (unpaired) electrons. The third-order valence-corrected chi connectivity index (χ3v) is 2.87. The Morgan fingerprint density at radius 2 is 2.26 bits per heavy atom. The molecule has 0 aliphatic rings. The Hall–Kier alpha value is -1.73. The van der Waals surface area contributed by atoms with Gasteiger partial charge >= 0.3 is 0 Å². The van der Waals surface area contributed by atoms with Gasteiger partial charge < -0.3 is 9.73 Å². The number of nitrogens with one attached hydrogen (secondary N) is 2. The number of nitrogens with zero attached hydrogens (tertiary/aromatic N) is 1. The molecule has 0 atom stereocenters. The second-order valence-electron chi connectivity index (χ2n) is 3.60. The first kappa shape index (κ1) is 13.7. The Kier molecular flexibility index (Phi) is 4.64. The van der Waals surface area contributed by atoms with Crippen LogP contribution in [0.5, 0.6) is 0 Å². The van der Waals surface area contributed by atoms with Crippen LogP contribution in [0.3, 0.4) is 0 Å². The van der Waals surface area contributed by atoms with E-state index in [1.807, 2.05) is 12.1 Å². The van der Waals surface area contributed by atoms with Gasteiger partial charge in [0.25, 0.3) is 5.91 Å². The molecule has 98 valence electrons. The summed E-state index contributed by atoms with van der Waals surface area (Å²) in [5.41, 5.74) is 0.972. The van der Waals surface area contributed by atoms with E-state index in [2.05, 4.69) is 31.5 Å². The lowest BCUT2D eigenvalue weighted by Crippen LogP contribution is -2.38. The number of hydrogen-bond acceptors (Lipinski definition) is 4. The van der Waals surface area contributed by atoms with Gasteiger partial charge in [0.1, 0.15) is 0 Å². The molecule has 0 bridgehead atoms. The number of hydrogen-bond donors (Lipinski definition) is 2. The molecule has 0 aliphatic heterocycles. The Bertz CT molecular complexity index is 586. The molecular formula is C12H10BrN3O2S. The van der Waals surface area contributed by atoms with Crippen LogP contribution in [0.1, 0.15) is 16.1 Å². The molecule has 2 aromatic heterocycles. The number of halogens is 1. The lowest BCUT2D eigenvalue weighted by atomic mass is 10.3. The van der Waals surface area contributed by atoms with Crippen molar-refractivity contribution >= 4 is 39.2 Å². The predicted octanol–water partition coefficient (Wildman–Crippen LogP) is 2.24. The van der Waals surface area contributed by atoms with Crippen molar-refractivity contribution in [3.05, 3.63) is 52.7 Å². The van der Waals surface area contributed by atoms with Crippen molar-refractivity contribution in [2.75, 3.05) is 0 Å². The van der Waals surface area contributed by atoms with Gasteiger partial charge in [-0.05, 0) is 51.9 Å². The minimum Gasteiger partial charge on any atom is -0.444 e. The third-order valence-electron chi connectivity index (χ3n) is 2.20. The fraction of sp³-hybridized carbons (Fsp3) is 0.0833. The van der Waals surface area contributed by atoms with Crippen molar-refractivity contribution in [3.63, 3.8) is 0 Å². The third kappa shape index (κ3) is 4.15. The number of carbonyl (C=O) groups excluding carboxylic acids is 1. The molecule has 0 spiro atoms. The van der Waals surface area contributed by atoms with Crippen LogP contribution in [0.25, 0.3) is 0 Å². The summed E-state index contributed by atoms with van der Waals surface area (Å²) in [4.78, 5) is 15.7. The zero-order valence-electron chi connectivity index (χ0n) is 9.72. The quantitative estimate of drug-likeness (QED) is 0.839. The number of aromatic nitrogens is 1. The molecule has 0 aliphatic carbocycles. The van der Waals surface area contributed by atoms with Gasteiger partial charge in [-0.1, -0.05) is 6.07 Å². The van der Waals surface area contributed by atoms with Crippen LogP contribution in [0, 0.1) is 0 Å². The van der Waals surface area contributed by atoms with Gasteiger partial charge in [0.2, 0.25) is 0 Å². The first-order chi connectivity index (χ1) is 9.15. The van der Waals surface area contributed by atoms with Crippen LogP contribution >= 0.6 is 28.1 Å². The molecule has 19 heavy (non-hydrogen) atoms. The van der Waals surface area contributed by atoms with E-state index in [1.54, 1.807) is 24.5 Å². The first-order valence-electron chi connectivity index (χ1n) is 5.38. The summed E-state index contributed by atoms with van der Waals surface area (Å²) < 4.78 is 5.61. The molecule has 2 N–H and O–H groups in total. The second kappa shape index (κ2) is 6.44. The second-order valence-corrected chi connectivity index (χ2v) is 4.79. The van der Waals surface area contributed by atoms with Crippen molar-refractivity contribution < 1.29 is 9.21 Å². The van der Waals surface area contributed by atoms with E-state index in [4.69, 9.17) is 16.6 Å². The number of furan rings is 1. The molecule has 2 heterocycles. The summed E-state index contributed by atoms with van der Waals surface area (Å²) in [6.45, 7) is 0.495. The molecule has 2 aromatic rings. The monoisotopic (exact) mass is 339 g/mol. The molecule has 0 aromatic carbocycles. The van der Waals surface area contributed by atoms with Crippen LogP contribution in [0.4, 0.5) is 0 Å². The fourth-order valence-electron chi connectivity index (χ4n) is 1.33. The summed E-state index contributed by atoms with van der Waals surface area (Å²) in [6.07, 6.45) is 3.42. The largest absolute Gasteiger partial charge is 0.444 e. The van der Waals surface area contributed by atoms with Gasteiger partial charge in [-0.15, -0.1) is 0 Å². The zero-order valence-corrected chi connectivity index (χ0v) is 12.1. The normalized spacial score (nSPS) is 9.95.